The number of nitrogens with one attached hydrogen (secondary N) is 2. The molecule has 0 spiro atoms. The fourth-order valence-electron chi connectivity index (χ4n) is 2.88. The summed E-state index contributed by atoms with van der Waals surface area (Å²) in [4.78, 5) is 12.1. The third kappa shape index (κ3) is 5.07. The molecule has 0 atom stereocenters. The number of hydrogen-bond donors (Lipinski definition) is 2. The van der Waals surface area contributed by atoms with Gasteiger partial charge in [0.2, 0.25) is 0 Å². The summed E-state index contributed by atoms with van der Waals surface area (Å²) in [5, 5.41) is 6.40. The van der Waals surface area contributed by atoms with Gasteiger partial charge >= 0.3 is 0 Å². The molecule has 0 radical (unpaired) electrons. The van der Waals surface area contributed by atoms with Crippen molar-refractivity contribution in [3.05, 3.63) is 29.8 Å². The summed E-state index contributed by atoms with van der Waals surface area (Å²) >= 11 is 0. The summed E-state index contributed by atoms with van der Waals surface area (Å²) in [6, 6.07) is 7.76. The van der Waals surface area contributed by atoms with Crippen molar-refractivity contribution in [3.8, 4) is 0 Å². The van der Waals surface area contributed by atoms with E-state index in [-0.39, 0.29) is 5.91 Å². The van der Waals surface area contributed by atoms with E-state index in [1.165, 1.54) is 25.7 Å². The lowest BCUT2D eigenvalue weighted by molar-refractivity contribution is 0.0942. The zero-order valence-electron chi connectivity index (χ0n) is 13.3. The normalized spacial score (nSPS) is 21.8. The molecule has 0 saturated heterocycles. The first-order valence-corrected chi connectivity index (χ1v) is 8.31. The zero-order chi connectivity index (χ0) is 15.1. The van der Waals surface area contributed by atoms with Crippen LogP contribution in [0.2, 0.25) is 0 Å². The predicted octanol–water partition coefficient (Wildman–Crippen LogP) is 4.06. The minimum absolute atomic E-state index is 0.0515. The second kappa shape index (κ2) is 8.06. The molecule has 116 valence electrons. The van der Waals surface area contributed by atoms with E-state index in [4.69, 9.17) is 0 Å². The highest BCUT2D eigenvalue weighted by Gasteiger charge is 2.18. The maximum atomic E-state index is 12.1. The van der Waals surface area contributed by atoms with Gasteiger partial charge in [0.25, 0.3) is 5.91 Å². The fourth-order valence-corrected chi connectivity index (χ4v) is 2.88. The number of rotatable bonds is 6. The second-order valence-electron chi connectivity index (χ2n) is 6.34. The fraction of sp³-hybridized carbons (Fsp3) is 0.611. The lowest BCUT2D eigenvalue weighted by atomic mass is 9.83. The SMILES string of the molecule is CCCNc1ccc(C(=O)NCC2CCC(C)CC2)cc1. The van der Waals surface area contributed by atoms with Crippen LogP contribution in [0.15, 0.2) is 24.3 Å². The van der Waals surface area contributed by atoms with Crippen molar-refractivity contribution < 1.29 is 4.79 Å². The van der Waals surface area contributed by atoms with Crippen LogP contribution < -0.4 is 10.6 Å². The first kappa shape index (κ1) is 15.9. The Morgan fingerprint density at radius 2 is 1.81 bits per heavy atom. The first-order chi connectivity index (χ1) is 10.2. The van der Waals surface area contributed by atoms with Crippen molar-refractivity contribution in [3.63, 3.8) is 0 Å². The van der Waals surface area contributed by atoms with Crippen LogP contribution >= 0.6 is 0 Å². The Labute approximate surface area is 128 Å². The van der Waals surface area contributed by atoms with Gasteiger partial charge in [-0.2, -0.15) is 0 Å². The smallest absolute Gasteiger partial charge is 0.251 e. The molecule has 1 amide bonds. The van der Waals surface area contributed by atoms with Crippen molar-refractivity contribution >= 4 is 11.6 Å². The van der Waals surface area contributed by atoms with E-state index >= 15 is 0 Å². The van der Waals surface area contributed by atoms with Gasteiger partial charge in [0.05, 0.1) is 0 Å². The molecule has 2 N–H and O–H groups in total. The third-order valence-electron chi connectivity index (χ3n) is 4.41. The molecule has 2 rings (SSSR count). The number of amides is 1. The van der Waals surface area contributed by atoms with Gasteiger partial charge in [0, 0.05) is 24.3 Å². The molecule has 1 aromatic rings. The Morgan fingerprint density at radius 1 is 1.14 bits per heavy atom. The summed E-state index contributed by atoms with van der Waals surface area (Å²) in [6.07, 6.45) is 6.21. The van der Waals surface area contributed by atoms with Crippen LogP contribution in [0.25, 0.3) is 0 Å². The molecular weight excluding hydrogens is 260 g/mol. The van der Waals surface area contributed by atoms with E-state index in [9.17, 15) is 4.79 Å². The van der Waals surface area contributed by atoms with Crippen molar-refractivity contribution in [2.75, 3.05) is 18.4 Å². The highest BCUT2D eigenvalue weighted by molar-refractivity contribution is 5.94. The molecular formula is C18H28N2O. The molecule has 1 aliphatic rings. The minimum atomic E-state index is 0.0515. The molecule has 3 heteroatoms. The van der Waals surface area contributed by atoms with Gasteiger partial charge in [0.1, 0.15) is 0 Å². The van der Waals surface area contributed by atoms with Crippen LogP contribution in [0.5, 0.6) is 0 Å². The van der Waals surface area contributed by atoms with Crippen LogP contribution in [0, 0.1) is 11.8 Å². The van der Waals surface area contributed by atoms with Crippen LogP contribution in [-0.2, 0) is 0 Å². The summed E-state index contributed by atoms with van der Waals surface area (Å²) < 4.78 is 0. The van der Waals surface area contributed by atoms with E-state index in [0.29, 0.717) is 5.92 Å². The van der Waals surface area contributed by atoms with Gasteiger partial charge in [-0.15, -0.1) is 0 Å². The van der Waals surface area contributed by atoms with Gasteiger partial charge in [-0.1, -0.05) is 26.7 Å². The van der Waals surface area contributed by atoms with Crippen molar-refractivity contribution in [1.29, 1.82) is 0 Å². The van der Waals surface area contributed by atoms with Crippen molar-refractivity contribution in [2.45, 2.75) is 46.0 Å². The average molecular weight is 288 g/mol. The first-order valence-electron chi connectivity index (χ1n) is 8.31. The summed E-state index contributed by atoms with van der Waals surface area (Å²) in [5.74, 6) is 1.58. The molecule has 0 bridgehead atoms. The Bertz CT molecular complexity index is 433. The van der Waals surface area contributed by atoms with E-state index < -0.39 is 0 Å². The van der Waals surface area contributed by atoms with Crippen LogP contribution in [-0.4, -0.2) is 19.0 Å². The highest BCUT2D eigenvalue weighted by atomic mass is 16.1. The average Bonchev–Trinajstić information content (AvgIpc) is 2.52. The zero-order valence-corrected chi connectivity index (χ0v) is 13.3. The minimum Gasteiger partial charge on any atom is -0.385 e. The maximum absolute atomic E-state index is 12.1. The number of hydrogen-bond acceptors (Lipinski definition) is 2. The van der Waals surface area contributed by atoms with Gasteiger partial charge in [-0.05, 0) is 55.4 Å². The highest BCUT2D eigenvalue weighted by Crippen LogP contribution is 2.27. The monoisotopic (exact) mass is 288 g/mol. The molecule has 1 aromatic carbocycles. The molecule has 0 aromatic heterocycles. The molecule has 1 fully saturated rings. The van der Waals surface area contributed by atoms with Gasteiger partial charge in [-0.25, -0.2) is 0 Å². The Morgan fingerprint density at radius 3 is 2.43 bits per heavy atom. The molecule has 1 saturated carbocycles. The van der Waals surface area contributed by atoms with Gasteiger partial charge in [0.15, 0.2) is 0 Å². The third-order valence-corrected chi connectivity index (χ3v) is 4.41. The maximum Gasteiger partial charge on any atom is 0.251 e. The lowest BCUT2D eigenvalue weighted by Crippen LogP contribution is -2.31. The molecule has 0 aliphatic heterocycles. The van der Waals surface area contributed by atoms with Crippen molar-refractivity contribution in [2.24, 2.45) is 11.8 Å². The summed E-state index contributed by atoms with van der Waals surface area (Å²) in [6.45, 7) is 6.25. The second-order valence-corrected chi connectivity index (χ2v) is 6.34. The quantitative estimate of drug-likeness (QED) is 0.828. The number of benzene rings is 1. The molecule has 3 nitrogen and oxygen atoms in total. The van der Waals surface area contributed by atoms with E-state index in [1.807, 2.05) is 24.3 Å². The molecule has 21 heavy (non-hydrogen) atoms. The Balaban J connectivity index is 1.77. The van der Waals surface area contributed by atoms with Gasteiger partial charge < -0.3 is 10.6 Å². The molecule has 0 unspecified atom stereocenters. The number of carbonyl (C=O) groups is 1. The number of carbonyl (C=O) groups excluding carboxylic acids is 1. The molecule has 1 aliphatic carbocycles. The largest absolute Gasteiger partial charge is 0.385 e. The van der Waals surface area contributed by atoms with Crippen LogP contribution in [0.1, 0.15) is 56.3 Å². The van der Waals surface area contributed by atoms with Crippen LogP contribution in [0.3, 0.4) is 0 Å². The topological polar surface area (TPSA) is 41.1 Å². The molecule has 0 heterocycles. The van der Waals surface area contributed by atoms with E-state index in [0.717, 1.165) is 36.7 Å². The van der Waals surface area contributed by atoms with Crippen LogP contribution in [0.4, 0.5) is 5.69 Å². The standard InChI is InChI=1S/C18H28N2O/c1-3-12-19-17-10-8-16(9-11-17)18(21)20-13-15-6-4-14(2)5-7-15/h8-11,14-15,19H,3-7,12-13H2,1-2H3,(H,20,21). The summed E-state index contributed by atoms with van der Waals surface area (Å²) in [7, 11) is 0. The Kier molecular flexibility index (Phi) is 6.09. The summed E-state index contributed by atoms with van der Waals surface area (Å²) in [5.41, 5.74) is 1.83. The lowest BCUT2D eigenvalue weighted by Gasteiger charge is -2.26. The predicted molar refractivity (Wildman–Crippen MR) is 88.7 cm³/mol. The van der Waals surface area contributed by atoms with Gasteiger partial charge in [-0.3, -0.25) is 4.79 Å². The Hall–Kier alpha value is -1.51. The van der Waals surface area contributed by atoms with E-state index in [2.05, 4.69) is 24.5 Å². The number of anilines is 1. The van der Waals surface area contributed by atoms with Crippen molar-refractivity contribution in [1.82, 2.24) is 5.32 Å². The van der Waals surface area contributed by atoms with E-state index in [1.54, 1.807) is 0 Å².